The molecule has 0 unspecified atom stereocenters. The van der Waals surface area contributed by atoms with Gasteiger partial charge in [0, 0.05) is 0 Å². The van der Waals surface area contributed by atoms with Crippen molar-refractivity contribution in [1.29, 1.82) is 0 Å². The summed E-state index contributed by atoms with van der Waals surface area (Å²) in [5.41, 5.74) is 0. The predicted molar refractivity (Wildman–Crippen MR) is 68.8 cm³/mol. The maximum absolute atomic E-state index is 11.2. The Morgan fingerprint density at radius 2 is 1.38 bits per heavy atom. The van der Waals surface area contributed by atoms with Crippen molar-refractivity contribution in [3.63, 3.8) is 0 Å². The average molecular weight is 251 g/mol. The maximum Gasteiger partial charge on any atom is 0.214 e. The number of nitrogens with one attached hydrogen (secondary N) is 1. The van der Waals surface area contributed by atoms with E-state index in [4.69, 9.17) is 0 Å². The lowest BCUT2D eigenvalue weighted by Crippen LogP contribution is -2.33. The van der Waals surface area contributed by atoms with Gasteiger partial charge in [-0.1, -0.05) is 19.3 Å². The van der Waals surface area contributed by atoms with Gasteiger partial charge in [-0.15, -0.1) is 0 Å². The van der Waals surface area contributed by atoms with Gasteiger partial charge in [-0.2, -0.15) is 0 Å². The van der Waals surface area contributed by atoms with E-state index < -0.39 is 10.0 Å². The highest BCUT2D eigenvalue weighted by Crippen LogP contribution is 2.22. The fraction of sp³-hybridized carbons (Fsp3) is 1.00. The van der Waals surface area contributed by atoms with E-state index in [0.29, 0.717) is 0 Å². The van der Waals surface area contributed by atoms with Crippen molar-refractivity contribution in [1.82, 2.24) is 4.72 Å². The van der Waals surface area contributed by atoms with E-state index in [1.54, 1.807) is 0 Å². The van der Waals surface area contributed by atoms with E-state index in [0.717, 1.165) is 30.2 Å². The zero-order valence-corrected chi connectivity index (χ0v) is 12.1. The number of nitrogens with zero attached hydrogens (tertiary/aromatic N) is 1. The fourth-order valence-corrected chi connectivity index (χ4v) is 2.83. The second kappa shape index (κ2) is 6.57. The second-order valence-electron chi connectivity index (χ2n) is 5.69. The predicted octanol–water partition coefficient (Wildman–Crippen LogP) is 1.19. The molecule has 0 atom stereocenters. The molecule has 0 heterocycles. The van der Waals surface area contributed by atoms with Crippen LogP contribution in [-0.2, 0) is 10.0 Å². The van der Waals surface area contributed by atoms with Crippen molar-refractivity contribution in [2.45, 2.75) is 37.4 Å². The molecule has 98 valence electrons. The molecule has 1 aliphatic carbocycles. The van der Waals surface area contributed by atoms with Crippen molar-refractivity contribution in [3.05, 3.63) is 0 Å². The third-order valence-electron chi connectivity index (χ3n) is 2.28. The molecular formula is C11H27N2O2S+. The summed E-state index contributed by atoms with van der Waals surface area (Å²) in [6, 6.07) is 0. The Kier molecular flexibility index (Phi) is 6.51. The highest BCUT2D eigenvalue weighted by Gasteiger charge is 2.25. The molecule has 1 saturated carbocycles. The summed E-state index contributed by atoms with van der Waals surface area (Å²) in [5.74, 6) is 0. The molecule has 0 bridgehead atoms. The summed E-state index contributed by atoms with van der Waals surface area (Å²) in [4.78, 5) is 0. The largest absolute Gasteiger partial charge is 0.333 e. The van der Waals surface area contributed by atoms with Gasteiger partial charge in [0.1, 0.15) is 0 Å². The molecule has 0 radical (unpaired) electrons. The lowest BCUT2D eigenvalue weighted by molar-refractivity contribution is -0.849. The van der Waals surface area contributed by atoms with Crippen LogP contribution in [0.5, 0.6) is 0 Å². The summed E-state index contributed by atoms with van der Waals surface area (Å²) in [6.07, 6.45) is 4.99. The minimum absolute atomic E-state index is 0.124. The standard InChI is InChI=1S/C7H15NO2S.C4H12N/c1-8-11(9,10)7-5-3-2-4-6-7;1-5(2,3)4/h7-8H,2-6H2,1H3;1-4H3/q;+1. The van der Waals surface area contributed by atoms with Gasteiger partial charge in [0.05, 0.1) is 33.4 Å². The SMILES string of the molecule is CNS(=O)(=O)C1CCCCC1.C[N+](C)(C)C. The Hall–Kier alpha value is -0.130. The monoisotopic (exact) mass is 251 g/mol. The van der Waals surface area contributed by atoms with E-state index >= 15 is 0 Å². The summed E-state index contributed by atoms with van der Waals surface area (Å²) in [5, 5.41) is -0.124. The quantitative estimate of drug-likeness (QED) is 0.749. The van der Waals surface area contributed by atoms with Crippen LogP contribution in [0.1, 0.15) is 32.1 Å². The molecule has 16 heavy (non-hydrogen) atoms. The molecule has 0 aromatic heterocycles. The van der Waals surface area contributed by atoms with Gasteiger partial charge in [0.15, 0.2) is 0 Å². The Labute approximate surface area is 101 Å². The van der Waals surface area contributed by atoms with Crippen molar-refractivity contribution in [2.75, 3.05) is 35.2 Å². The molecule has 1 N–H and O–H groups in total. The van der Waals surface area contributed by atoms with Crippen molar-refractivity contribution in [3.8, 4) is 0 Å². The molecule has 0 saturated heterocycles. The smallest absolute Gasteiger partial charge is 0.214 e. The molecule has 0 spiro atoms. The summed E-state index contributed by atoms with van der Waals surface area (Å²) in [6.45, 7) is 0. The molecule has 1 aliphatic rings. The Balaban J connectivity index is 0.000000385. The zero-order chi connectivity index (χ0) is 12.8. The first-order valence-corrected chi connectivity index (χ1v) is 7.42. The molecular weight excluding hydrogens is 224 g/mol. The molecule has 0 amide bonds. The first-order valence-electron chi connectivity index (χ1n) is 5.88. The van der Waals surface area contributed by atoms with Gasteiger partial charge in [-0.25, -0.2) is 13.1 Å². The van der Waals surface area contributed by atoms with Crippen LogP contribution in [0.15, 0.2) is 0 Å². The minimum atomic E-state index is -2.97. The number of rotatable bonds is 2. The normalized spacial score (nSPS) is 18.8. The lowest BCUT2D eigenvalue weighted by atomic mass is 10.0. The fourth-order valence-electron chi connectivity index (χ4n) is 1.54. The van der Waals surface area contributed by atoms with Gasteiger partial charge >= 0.3 is 0 Å². The van der Waals surface area contributed by atoms with Crippen molar-refractivity contribution < 1.29 is 12.9 Å². The summed E-state index contributed by atoms with van der Waals surface area (Å²) < 4.78 is 25.9. The van der Waals surface area contributed by atoms with Crippen LogP contribution in [-0.4, -0.2) is 53.4 Å². The van der Waals surface area contributed by atoms with Gasteiger partial charge in [-0.05, 0) is 19.9 Å². The number of quaternary nitrogens is 1. The van der Waals surface area contributed by atoms with Crippen LogP contribution in [0.2, 0.25) is 0 Å². The number of hydrogen-bond donors (Lipinski definition) is 1. The molecule has 1 fully saturated rings. The summed E-state index contributed by atoms with van der Waals surface area (Å²) >= 11 is 0. The van der Waals surface area contributed by atoms with Crippen LogP contribution in [0.3, 0.4) is 0 Å². The number of sulfonamides is 1. The van der Waals surface area contributed by atoms with E-state index in [2.05, 4.69) is 32.9 Å². The Morgan fingerprint density at radius 3 is 1.69 bits per heavy atom. The van der Waals surface area contributed by atoms with Crippen LogP contribution in [0.4, 0.5) is 0 Å². The van der Waals surface area contributed by atoms with Gasteiger partial charge in [0.25, 0.3) is 0 Å². The highest BCUT2D eigenvalue weighted by molar-refractivity contribution is 7.90. The summed E-state index contributed by atoms with van der Waals surface area (Å²) in [7, 11) is 7.02. The van der Waals surface area contributed by atoms with Crippen LogP contribution < -0.4 is 4.72 Å². The van der Waals surface area contributed by atoms with Gasteiger partial charge in [0.2, 0.25) is 10.0 Å². The third-order valence-corrected chi connectivity index (χ3v) is 4.19. The lowest BCUT2D eigenvalue weighted by Gasteiger charge is -2.20. The molecule has 5 heteroatoms. The average Bonchev–Trinajstić information content (AvgIpc) is 2.17. The molecule has 4 nitrogen and oxygen atoms in total. The maximum atomic E-state index is 11.2. The van der Waals surface area contributed by atoms with Crippen LogP contribution in [0.25, 0.3) is 0 Å². The third kappa shape index (κ3) is 8.07. The number of hydrogen-bond acceptors (Lipinski definition) is 2. The van der Waals surface area contributed by atoms with E-state index in [-0.39, 0.29) is 5.25 Å². The Bertz CT molecular complexity index is 269. The zero-order valence-electron chi connectivity index (χ0n) is 11.3. The van der Waals surface area contributed by atoms with Crippen LogP contribution >= 0.6 is 0 Å². The van der Waals surface area contributed by atoms with Crippen LogP contribution in [0, 0.1) is 0 Å². The first kappa shape index (κ1) is 15.9. The molecule has 1 rings (SSSR count). The van der Waals surface area contributed by atoms with E-state index in [1.165, 1.54) is 13.5 Å². The first-order chi connectivity index (χ1) is 7.17. The van der Waals surface area contributed by atoms with Crippen molar-refractivity contribution in [2.24, 2.45) is 0 Å². The molecule has 0 aliphatic heterocycles. The van der Waals surface area contributed by atoms with Crippen molar-refractivity contribution >= 4 is 10.0 Å². The molecule has 0 aromatic rings. The van der Waals surface area contributed by atoms with E-state index in [9.17, 15) is 8.42 Å². The Morgan fingerprint density at radius 1 is 1.00 bits per heavy atom. The minimum Gasteiger partial charge on any atom is -0.333 e. The van der Waals surface area contributed by atoms with E-state index in [1.807, 2.05) is 0 Å². The molecule has 0 aromatic carbocycles. The highest BCUT2D eigenvalue weighted by atomic mass is 32.2. The van der Waals surface area contributed by atoms with Gasteiger partial charge < -0.3 is 4.48 Å². The second-order valence-corrected chi connectivity index (χ2v) is 7.86. The topological polar surface area (TPSA) is 46.2 Å². The van der Waals surface area contributed by atoms with Gasteiger partial charge in [-0.3, -0.25) is 0 Å².